The summed E-state index contributed by atoms with van der Waals surface area (Å²) in [6.45, 7) is 0. The molecule has 0 aromatic heterocycles. The van der Waals surface area contributed by atoms with Crippen LogP contribution in [0.3, 0.4) is 0 Å². The maximum absolute atomic E-state index is 14.0. The number of phenolic OH excluding ortho intramolecular Hbond substituents is 1. The van der Waals surface area contributed by atoms with E-state index in [0.717, 1.165) is 18.5 Å². The first kappa shape index (κ1) is 26.2. The number of carbonyl (C=O) groups excluding carboxylic acids is 5. The minimum atomic E-state index is -2.72. The van der Waals surface area contributed by atoms with Gasteiger partial charge in [-0.3, -0.25) is 28.9 Å². The van der Waals surface area contributed by atoms with Gasteiger partial charge in [0, 0.05) is 37.2 Å². The van der Waals surface area contributed by atoms with Crippen LogP contribution in [0.4, 0.5) is 5.69 Å². The third kappa shape index (κ3) is 3.42. The lowest BCUT2D eigenvalue weighted by Gasteiger charge is -2.52. The topological polar surface area (TPSA) is 158 Å². The molecule has 0 bridgehead atoms. The van der Waals surface area contributed by atoms with E-state index in [9.17, 15) is 34.2 Å². The lowest BCUT2D eigenvalue weighted by Crippen LogP contribution is -2.74. The number of phenols is 1. The van der Waals surface area contributed by atoms with Gasteiger partial charge in [-0.25, -0.2) is 0 Å². The standard InChI is InChI=1S/C28H33N3O7/c1-30(2)17-11-14(12-7-5-6-8-12)22(32)19-15(17)9-13-10-16-21(31(3)4)24(34)20(27(29)37)26(36)28(16,38)25(35)18(13)23(19)33/h5,7,11-13,16,18,20-21,32,38H,6,8-10H2,1-4H3,(H2,29,37)/t12?,13-,16-,18?,20?,21-,28-/m1/s1. The zero-order valence-electron chi connectivity index (χ0n) is 21.9. The monoisotopic (exact) mass is 523 g/mol. The molecule has 4 aliphatic rings. The first-order valence-electron chi connectivity index (χ1n) is 12.9. The Morgan fingerprint density at radius 1 is 1.11 bits per heavy atom. The number of likely N-dealkylation sites (N-methyl/N-ethyl adjacent to an activating group) is 1. The number of aromatic hydroxyl groups is 1. The number of ketones is 4. The second kappa shape index (κ2) is 8.84. The predicted octanol–water partition coefficient (Wildman–Crippen LogP) is 0.367. The van der Waals surface area contributed by atoms with Crippen molar-refractivity contribution in [1.29, 1.82) is 0 Å². The number of fused-ring (bicyclic) bond motifs is 3. The summed E-state index contributed by atoms with van der Waals surface area (Å²) in [5.41, 5.74) is 4.64. The molecule has 10 heteroatoms. The van der Waals surface area contributed by atoms with Crippen molar-refractivity contribution in [2.75, 3.05) is 33.1 Å². The van der Waals surface area contributed by atoms with Crippen LogP contribution in [-0.2, 0) is 25.6 Å². The van der Waals surface area contributed by atoms with Crippen LogP contribution in [0.5, 0.6) is 5.75 Å². The summed E-state index contributed by atoms with van der Waals surface area (Å²) in [5, 5.41) is 23.0. The molecule has 0 heterocycles. The smallest absolute Gasteiger partial charge is 0.235 e. The van der Waals surface area contributed by atoms with Crippen LogP contribution in [0.1, 0.15) is 46.7 Å². The number of nitrogens with zero attached hydrogens (tertiary/aromatic N) is 2. The Kier molecular flexibility index (Phi) is 6.11. The number of primary amides is 1. The van der Waals surface area contributed by atoms with E-state index < -0.39 is 64.4 Å². The number of aliphatic hydroxyl groups is 1. The molecule has 0 spiro atoms. The van der Waals surface area contributed by atoms with Crippen molar-refractivity contribution in [2.45, 2.75) is 43.2 Å². The summed E-state index contributed by atoms with van der Waals surface area (Å²) in [5.74, 6) is -10.3. The minimum Gasteiger partial charge on any atom is -0.507 e. The quantitative estimate of drug-likeness (QED) is 0.374. The Hall–Kier alpha value is -3.37. The molecule has 4 N–H and O–H groups in total. The van der Waals surface area contributed by atoms with Gasteiger partial charge in [0.25, 0.3) is 0 Å². The second-order valence-electron chi connectivity index (χ2n) is 11.5. The molecule has 4 aliphatic carbocycles. The molecule has 2 saturated carbocycles. The molecule has 1 amide bonds. The van der Waals surface area contributed by atoms with Crippen LogP contribution < -0.4 is 10.6 Å². The van der Waals surface area contributed by atoms with Gasteiger partial charge in [0.2, 0.25) is 5.91 Å². The highest BCUT2D eigenvalue weighted by Gasteiger charge is 2.69. The van der Waals surface area contributed by atoms with E-state index in [1.54, 1.807) is 14.1 Å². The zero-order valence-corrected chi connectivity index (χ0v) is 21.9. The van der Waals surface area contributed by atoms with Gasteiger partial charge in [-0.05, 0) is 57.3 Å². The van der Waals surface area contributed by atoms with Gasteiger partial charge >= 0.3 is 0 Å². The van der Waals surface area contributed by atoms with Crippen LogP contribution in [0.2, 0.25) is 0 Å². The molecule has 10 nitrogen and oxygen atoms in total. The second-order valence-corrected chi connectivity index (χ2v) is 11.5. The molecule has 202 valence electrons. The summed E-state index contributed by atoms with van der Waals surface area (Å²) in [6.07, 6.45) is 5.91. The van der Waals surface area contributed by atoms with Crippen molar-refractivity contribution in [3.05, 3.63) is 34.9 Å². The van der Waals surface area contributed by atoms with E-state index in [0.29, 0.717) is 11.1 Å². The van der Waals surface area contributed by atoms with Crippen molar-refractivity contribution in [3.8, 4) is 5.75 Å². The fourth-order valence-corrected chi connectivity index (χ4v) is 7.25. The maximum atomic E-state index is 14.0. The molecule has 0 aliphatic heterocycles. The molecule has 0 saturated heterocycles. The Labute approximate surface area is 220 Å². The van der Waals surface area contributed by atoms with Gasteiger partial charge in [0.05, 0.1) is 17.5 Å². The Balaban J connectivity index is 1.67. The lowest BCUT2D eigenvalue weighted by molar-refractivity contribution is -0.181. The molecule has 0 radical (unpaired) electrons. The Bertz CT molecular complexity index is 1320. The number of hydrogen-bond acceptors (Lipinski definition) is 9. The summed E-state index contributed by atoms with van der Waals surface area (Å²) >= 11 is 0. The summed E-state index contributed by atoms with van der Waals surface area (Å²) in [6, 6.07) is 0.770. The summed E-state index contributed by atoms with van der Waals surface area (Å²) in [4.78, 5) is 70.1. The fraction of sp³-hybridized carbons (Fsp3) is 0.536. The number of allylic oxidation sites excluding steroid dienone is 2. The van der Waals surface area contributed by atoms with Crippen molar-refractivity contribution >= 4 is 34.7 Å². The van der Waals surface area contributed by atoms with Crippen molar-refractivity contribution in [1.82, 2.24) is 4.90 Å². The third-order valence-electron chi connectivity index (χ3n) is 8.96. The Morgan fingerprint density at radius 2 is 1.79 bits per heavy atom. The number of Topliss-reactive ketones (excluding diaryl/α,β-unsaturated/α-hetero) is 4. The van der Waals surface area contributed by atoms with E-state index in [4.69, 9.17) is 5.73 Å². The van der Waals surface area contributed by atoms with Gasteiger partial charge in [-0.1, -0.05) is 12.2 Å². The van der Waals surface area contributed by atoms with Gasteiger partial charge < -0.3 is 20.8 Å². The molecule has 2 fully saturated rings. The molecule has 3 unspecified atom stereocenters. The van der Waals surface area contributed by atoms with Gasteiger partial charge in [0.1, 0.15) is 5.75 Å². The highest BCUT2D eigenvalue weighted by Crippen LogP contribution is 2.53. The van der Waals surface area contributed by atoms with E-state index in [1.165, 1.54) is 4.90 Å². The van der Waals surface area contributed by atoms with Crippen LogP contribution >= 0.6 is 0 Å². The van der Waals surface area contributed by atoms with Crippen LogP contribution in [0, 0.1) is 23.7 Å². The Morgan fingerprint density at radius 3 is 2.34 bits per heavy atom. The molecule has 5 rings (SSSR count). The maximum Gasteiger partial charge on any atom is 0.235 e. The van der Waals surface area contributed by atoms with Crippen molar-refractivity contribution in [3.63, 3.8) is 0 Å². The zero-order chi connectivity index (χ0) is 27.8. The highest BCUT2D eigenvalue weighted by molar-refractivity contribution is 6.32. The SMILES string of the molecule is CN(C)c1cc(C2C=CCC2)c(O)c2c1C[C@@H]1C[C@@H]3[C@@H](N(C)C)C(=O)C(C(N)=O)C(=O)[C@]3(O)C(=O)C1C2=O. The third-order valence-corrected chi connectivity index (χ3v) is 8.96. The first-order chi connectivity index (χ1) is 17.8. The number of nitrogens with two attached hydrogens (primary N) is 1. The summed E-state index contributed by atoms with van der Waals surface area (Å²) in [7, 11) is 6.81. The largest absolute Gasteiger partial charge is 0.507 e. The van der Waals surface area contributed by atoms with Crippen molar-refractivity contribution in [2.24, 2.45) is 29.4 Å². The average Bonchev–Trinajstić information content (AvgIpc) is 3.35. The number of rotatable bonds is 4. The summed E-state index contributed by atoms with van der Waals surface area (Å²) < 4.78 is 0. The normalized spacial score (nSPS) is 34.3. The minimum absolute atomic E-state index is 0.0324. The number of anilines is 1. The van der Waals surface area contributed by atoms with Crippen LogP contribution in [-0.4, -0.2) is 84.0 Å². The van der Waals surface area contributed by atoms with E-state index in [1.807, 2.05) is 37.2 Å². The number of amides is 1. The predicted molar refractivity (Wildman–Crippen MR) is 137 cm³/mol. The molecular weight excluding hydrogens is 490 g/mol. The van der Waals surface area contributed by atoms with E-state index in [2.05, 4.69) is 0 Å². The van der Waals surface area contributed by atoms with Gasteiger partial charge in [-0.2, -0.15) is 0 Å². The average molecular weight is 524 g/mol. The number of hydrogen-bond donors (Lipinski definition) is 3. The molecular formula is C28H33N3O7. The number of carbonyl (C=O) groups is 5. The van der Waals surface area contributed by atoms with Crippen molar-refractivity contribution < 1.29 is 34.2 Å². The van der Waals surface area contributed by atoms with E-state index in [-0.39, 0.29) is 30.1 Å². The molecule has 7 atom stereocenters. The van der Waals surface area contributed by atoms with E-state index >= 15 is 0 Å². The fourth-order valence-electron chi connectivity index (χ4n) is 7.25. The van der Waals surface area contributed by atoms with Gasteiger partial charge in [0.15, 0.2) is 34.7 Å². The molecule has 1 aromatic rings. The lowest BCUT2D eigenvalue weighted by atomic mass is 9.52. The van der Waals surface area contributed by atoms with Crippen LogP contribution in [0.25, 0.3) is 0 Å². The molecule has 38 heavy (non-hydrogen) atoms. The first-order valence-corrected chi connectivity index (χ1v) is 12.9. The number of benzene rings is 1. The van der Waals surface area contributed by atoms with Crippen LogP contribution in [0.15, 0.2) is 18.2 Å². The molecule has 1 aromatic carbocycles. The highest BCUT2D eigenvalue weighted by atomic mass is 16.3. The van der Waals surface area contributed by atoms with Gasteiger partial charge in [-0.15, -0.1) is 0 Å².